The Morgan fingerprint density at radius 1 is 1.14 bits per heavy atom. The molecular weight excluding hydrogens is 182 g/mol. The molecule has 1 fully saturated rings. The number of benzene rings is 1. The molecule has 0 spiro atoms. The zero-order valence-corrected chi connectivity index (χ0v) is 7.64. The van der Waals surface area contributed by atoms with Crippen LogP contribution in [0.5, 0.6) is 17.2 Å². The van der Waals surface area contributed by atoms with Gasteiger partial charge in [0, 0.05) is 18.2 Å². The third-order valence-electron chi connectivity index (χ3n) is 2.58. The van der Waals surface area contributed by atoms with Gasteiger partial charge in [0.25, 0.3) is 0 Å². The van der Waals surface area contributed by atoms with Gasteiger partial charge in [0.05, 0.1) is 5.56 Å². The van der Waals surface area contributed by atoms with Crippen molar-refractivity contribution in [1.82, 2.24) is 0 Å². The van der Waals surface area contributed by atoms with Crippen molar-refractivity contribution in [3.8, 4) is 17.2 Å². The van der Waals surface area contributed by atoms with E-state index in [0.717, 1.165) is 12.8 Å². The molecule has 0 amide bonds. The van der Waals surface area contributed by atoms with E-state index in [1.165, 1.54) is 12.1 Å². The summed E-state index contributed by atoms with van der Waals surface area (Å²) in [5.74, 6) is -0.0908. The molecule has 0 saturated heterocycles. The van der Waals surface area contributed by atoms with Gasteiger partial charge in [0.1, 0.15) is 17.2 Å². The van der Waals surface area contributed by atoms with Crippen LogP contribution in [0.15, 0.2) is 12.1 Å². The van der Waals surface area contributed by atoms with E-state index < -0.39 is 0 Å². The molecule has 5 N–H and O–H groups in total. The zero-order chi connectivity index (χ0) is 10.3. The van der Waals surface area contributed by atoms with Gasteiger partial charge < -0.3 is 21.1 Å². The Kier molecular flexibility index (Phi) is 2.00. The molecule has 1 aliphatic carbocycles. The van der Waals surface area contributed by atoms with E-state index in [2.05, 4.69) is 0 Å². The lowest BCUT2D eigenvalue weighted by atomic mass is 10.0. The highest BCUT2D eigenvalue weighted by atomic mass is 16.3. The third kappa shape index (κ3) is 1.48. The van der Waals surface area contributed by atoms with Crippen LogP contribution < -0.4 is 5.73 Å². The quantitative estimate of drug-likeness (QED) is 0.571. The van der Waals surface area contributed by atoms with E-state index in [1.807, 2.05) is 0 Å². The molecule has 1 atom stereocenters. The van der Waals surface area contributed by atoms with Gasteiger partial charge in [0.15, 0.2) is 0 Å². The van der Waals surface area contributed by atoms with Crippen LogP contribution in [0.3, 0.4) is 0 Å². The number of hydrogen-bond acceptors (Lipinski definition) is 4. The number of phenols is 3. The minimum atomic E-state index is -0.337. The highest BCUT2D eigenvalue weighted by molar-refractivity contribution is 5.50. The maximum atomic E-state index is 9.52. The molecule has 0 heterocycles. The first-order valence-corrected chi connectivity index (χ1v) is 4.60. The largest absolute Gasteiger partial charge is 0.508 e. The summed E-state index contributed by atoms with van der Waals surface area (Å²) in [4.78, 5) is 0. The molecule has 14 heavy (non-hydrogen) atoms. The van der Waals surface area contributed by atoms with Gasteiger partial charge in [-0.1, -0.05) is 0 Å². The first kappa shape index (κ1) is 9.15. The van der Waals surface area contributed by atoms with E-state index in [4.69, 9.17) is 10.8 Å². The Morgan fingerprint density at radius 3 is 2.07 bits per heavy atom. The normalized spacial score (nSPS) is 18.1. The van der Waals surface area contributed by atoms with E-state index in [9.17, 15) is 10.2 Å². The molecule has 0 bridgehead atoms. The number of nitrogens with two attached hydrogens (primary N) is 1. The average Bonchev–Trinajstić information content (AvgIpc) is 2.83. The van der Waals surface area contributed by atoms with Gasteiger partial charge in [-0.15, -0.1) is 0 Å². The van der Waals surface area contributed by atoms with E-state index in [-0.39, 0.29) is 23.3 Å². The second kappa shape index (κ2) is 3.06. The van der Waals surface area contributed by atoms with E-state index in [0.29, 0.717) is 11.5 Å². The molecule has 2 rings (SSSR count). The molecule has 4 heteroatoms. The predicted octanol–water partition coefficient (Wildman–Crippen LogP) is 1.21. The Hall–Kier alpha value is -1.42. The molecule has 4 nitrogen and oxygen atoms in total. The van der Waals surface area contributed by atoms with Crippen LogP contribution in [0.25, 0.3) is 0 Å². The molecule has 0 aromatic heterocycles. The minimum Gasteiger partial charge on any atom is -0.508 e. The van der Waals surface area contributed by atoms with Crippen LogP contribution in [0.4, 0.5) is 0 Å². The minimum absolute atomic E-state index is 0.137. The predicted molar refractivity (Wildman–Crippen MR) is 51.1 cm³/mol. The summed E-state index contributed by atoms with van der Waals surface area (Å²) in [6.07, 6.45) is 2.06. The van der Waals surface area contributed by atoms with Crippen LogP contribution in [0.1, 0.15) is 24.4 Å². The summed E-state index contributed by atoms with van der Waals surface area (Å²) in [5.41, 5.74) is 6.19. The molecule has 1 saturated carbocycles. The van der Waals surface area contributed by atoms with Crippen molar-refractivity contribution in [3.05, 3.63) is 17.7 Å². The molecular formula is C10H13NO3. The smallest absolute Gasteiger partial charge is 0.127 e. The lowest BCUT2D eigenvalue weighted by Crippen LogP contribution is -2.12. The van der Waals surface area contributed by atoms with E-state index >= 15 is 0 Å². The van der Waals surface area contributed by atoms with Crippen LogP contribution in [0, 0.1) is 5.92 Å². The lowest BCUT2D eigenvalue weighted by molar-refractivity contribution is 0.407. The Balaban J connectivity index is 2.40. The van der Waals surface area contributed by atoms with Crippen LogP contribution in [0.2, 0.25) is 0 Å². The van der Waals surface area contributed by atoms with Crippen molar-refractivity contribution in [3.63, 3.8) is 0 Å². The first-order valence-electron chi connectivity index (χ1n) is 4.60. The van der Waals surface area contributed by atoms with Crippen molar-refractivity contribution in [2.75, 3.05) is 0 Å². The Labute approximate surface area is 81.6 Å². The highest BCUT2D eigenvalue weighted by Crippen LogP contribution is 2.45. The standard InChI is InChI=1S/C10H13NO3/c11-10(5-1-2-5)9-7(13)3-6(12)4-8(9)14/h3-5,10,12-14H,1-2,11H2/t10-/m0/s1. The lowest BCUT2D eigenvalue weighted by Gasteiger charge is -2.14. The van der Waals surface area contributed by atoms with Gasteiger partial charge in [-0.05, 0) is 18.8 Å². The molecule has 0 radical (unpaired) electrons. The topological polar surface area (TPSA) is 86.7 Å². The van der Waals surface area contributed by atoms with E-state index in [1.54, 1.807) is 0 Å². The molecule has 76 valence electrons. The SMILES string of the molecule is N[C@H](c1c(O)cc(O)cc1O)C1CC1. The van der Waals surface area contributed by atoms with Crippen molar-refractivity contribution in [1.29, 1.82) is 0 Å². The zero-order valence-electron chi connectivity index (χ0n) is 7.64. The summed E-state index contributed by atoms with van der Waals surface area (Å²) in [5, 5.41) is 28.1. The summed E-state index contributed by atoms with van der Waals surface area (Å²) >= 11 is 0. The summed E-state index contributed by atoms with van der Waals surface area (Å²) in [7, 11) is 0. The van der Waals surface area contributed by atoms with Gasteiger partial charge in [-0.2, -0.15) is 0 Å². The third-order valence-corrected chi connectivity index (χ3v) is 2.58. The Bertz CT molecular complexity index is 337. The van der Waals surface area contributed by atoms with Crippen LogP contribution in [-0.4, -0.2) is 15.3 Å². The van der Waals surface area contributed by atoms with Gasteiger partial charge in [-0.25, -0.2) is 0 Å². The molecule has 1 aliphatic rings. The molecule has 1 aromatic rings. The number of hydrogen-bond donors (Lipinski definition) is 4. The van der Waals surface area contributed by atoms with Crippen LogP contribution in [-0.2, 0) is 0 Å². The van der Waals surface area contributed by atoms with Crippen molar-refractivity contribution in [2.45, 2.75) is 18.9 Å². The van der Waals surface area contributed by atoms with Crippen LogP contribution >= 0.6 is 0 Å². The maximum Gasteiger partial charge on any atom is 0.127 e. The highest BCUT2D eigenvalue weighted by Gasteiger charge is 2.32. The molecule has 0 aliphatic heterocycles. The van der Waals surface area contributed by atoms with Crippen molar-refractivity contribution < 1.29 is 15.3 Å². The van der Waals surface area contributed by atoms with Gasteiger partial charge in [-0.3, -0.25) is 0 Å². The fraction of sp³-hybridized carbons (Fsp3) is 0.400. The molecule has 0 unspecified atom stereocenters. The van der Waals surface area contributed by atoms with Gasteiger partial charge in [0.2, 0.25) is 0 Å². The second-order valence-corrected chi connectivity index (χ2v) is 3.76. The van der Waals surface area contributed by atoms with Crippen molar-refractivity contribution in [2.24, 2.45) is 11.7 Å². The number of phenolic OH excluding ortho intramolecular Hbond substituents is 3. The fourth-order valence-electron chi connectivity index (χ4n) is 1.64. The number of aromatic hydroxyl groups is 3. The van der Waals surface area contributed by atoms with Gasteiger partial charge >= 0.3 is 0 Å². The monoisotopic (exact) mass is 195 g/mol. The molecule has 1 aromatic carbocycles. The fourth-order valence-corrected chi connectivity index (χ4v) is 1.64. The maximum absolute atomic E-state index is 9.52. The van der Waals surface area contributed by atoms with Crippen molar-refractivity contribution >= 4 is 0 Å². The first-order chi connectivity index (χ1) is 6.59. The average molecular weight is 195 g/mol. The Morgan fingerprint density at radius 2 is 1.64 bits per heavy atom. The number of rotatable bonds is 2. The summed E-state index contributed by atoms with van der Waals surface area (Å²) in [6, 6.07) is 2.05. The summed E-state index contributed by atoms with van der Waals surface area (Å²) < 4.78 is 0. The second-order valence-electron chi connectivity index (χ2n) is 3.76. The summed E-state index contributed by atoms with van der Waals surface area (Å²) in [6.45, 7) is 0.